The molecule has 2 aromatic rings. The summed E-state index contributed by atoms with van der Waals surface area (Å²) in [4.78, 5) is 23.4. The van der Waals surface area contributed by atoms with E-state index in [4.69, 9.17) is 5.11 Å². The van der Waals surface area contributed by atoms with Gasteiger partial charge in [0.1, 0.15) is 5.82 Å². The number of carboxylic acids is 1. The highest BCUT2D eigenvalue weighted by molar-refractivity contribution is 9.10. The van der Waals surface area contributed by atoms with Crippen LogP contribution in [-0.4, -0.2) is 17.1 Å². The number of carboxylic acid groups (broad SMARTS) is 1. The van der Waals surface area contributed by atoms with E-state index in [1.165, 1.54) is 11.3 Å². The van der Waals surface area contributed by atoms with Gasteiger partial charge in [0.25, 0.3) is 0 Å². The zero-order valence-corrected chi connectivity index (χ0v) is 12.9. The lowest BCUT2D eigenvalue weighted by Gasteiger charge is -2.08. The van der Waals surface area contributed by atoms with Crippen molar-refractivity contribution < 1.29 is 19.1 Å². The normalized spacial score (nSPS) is 10.2. The first-order valence-corrected chi connectivity index (χ1v) is 7.44. The number of carbonyl (C=O) groups is 2. The lowest BCUT2D eigenvalue weighted by atomic mass is 10.2. The van der Waals surface area contributed by atoms with E-state index in [1.807, 2.05) is 11.4 Å². The molecule has 0 saturated carbocycles. The smallest absolute Gasteiger partial charge is 0.335 e. The molecule has 8 heteroatoms. The summed E-state index contributed by atoms with van der Waals surface area (Å²) in [5, 5.41) is 15.6. The third-order valence-corrected chi connectivity index (χ3v) is 4.49. The number of hydrogen-bond donors (Lipinski definition) is 3. The van der Waals surface area contributed by atoms with Crippen LogP contribution in [0.4, 0.5) is 14.9 Å². The van der Waals surface area contributed by atoms with Crippen molar-refractivity contribution in [2.75, 3.05) is 5.32 Å². The minimum atomic E-state index is -1.19. The molecule has 0 aliphatic carbocycles. The minimum absolute atomic E-state index is 0.104. The van der Waals surface area contributed by atoms with Crippen LogP contribution in [0.2, 0.25) is 0 Å². The van der Waals surface area contributed by atoms with Crippen LogP contribution in [0.15, 0.2) is 34.1 Å². The number of nitrogens with one attached hydrogen (secondary N) is 2. The van der Waals surface area contributed by atoms with E-state index in [2.05, 4.69) is 26.6 Å². The molecule has 21 heavy (non-hydrogen) atoms. The molecule has 0 fully saturated rings. The van der Waals surface area contributed by atoms with Crippen LogP contribution in [0.3, 0.4) is 0 Å². The van der Waals surface area contributed by atoms with E-state index >= 15 is 0 Å². The summed E-state index contributed by atoms with van der Waals surface area (Å²) in [6.45, 7) is 0.282. The van der Waals surface area contributed by atoms with Gasteiger partial charge in [-0.2, -0.15) is 0 Å². The van der Waals surface area contributed by atoms with Gasteiger partial charge in [0.15, 0.2) is 0 Å². The SMILES string of the molecule is O=C(NCc1sccc1Br)Nc1cc(C(=O)O)ccc1F. The van der Waals surface area contributed by atoms with Crippen LogP contribution in [0.25, 0.3) is 0 Å². The molecule has 2 amide bonds. The third-order valence-electron chi connectivity index (χ3n) is 2.56. The molecule has 1 aromatic heterocycles. The number of anilines is 1. The van der Waals surface area contributed by atoms with Crippen molar-refractivity contribution in [3.63, 3.8) is 0 Å². The van der Waals surface area contributed by atoms with Crippen molar-refractivity contribution in [1.82, 2.24) is 5.32 Å². The topological polar surface area (TPSA) is 78.4 Å². The first kappa shape index (κ1) is 15.5. The van der Waals surface area contributed by atoms with Crippen LogP contribution in [0, 0.1) is 5.82 Å². The quantitative estimate of drug-likeness (QED) is 0.765. The molecular weight excluding hydrogens is 363 g/mol. The van der Waals surface area contributed by atoms with Gasteiger partial charge in [-0.3, -0.25) is 0 Å². The average molecular weight is 373 g/mol. The number of halogens is 2. The second-order valence-electron chi connectivity index (χ2n) is 4.00. The average Bonchev–Trinajstić information content (AvgIpc) is 2.84. The fraction of sp³-hybridized carbons (Fsp3) is 0.0769. The van der Waals surface area contributed by atoms with Crippen LogP contribution >= 0.6 is 27.3 Å². The molecule has 0 aliphatic heterocycles. The summed E-state index contributed by atoms with van der Waals surface area (Å²) in [5.74, 6) is -1.89. The monoisotopic (exact) mass is 372 g/mol. The summed E-state index contributed by atoms with van der Waals surface area (Å²) in [5.41, 5.74) is -0.287. The lowest BCUT2D eigenvalue weighted by Crippen LogP contribution is -2.28. The van der Waals surface area contributed by atoms with Gasteiger partial charge < -0.3 is 15.7 Å². The molecule has 1 aromatic carbocycles. The second kappa shape index (κ2) is 6.68. The van der Waals surface area contributed by atoms with E-state index in [1.54, 1.807) is 0 Å². The largest absolute Gasteiger partial charge is 0.478 e. The van der Waals surface area contributed by atoms with Gasteiger partial charge in [-0.25, -0.2) is 14.0 Å². The van der Waals surface area contributed by atoms with Crippen molar-refractivity contribution in [1.29, 1.82) is 0 Å². The van der Waals surface area contributed by atoms with Gasteiger partial charge in [-0.15, -0.1) is 11.3 Å². The first-order chi connectivity index (χ1) is 9.97. The van der Waals surface area contributed by atoms with Crippen molar-refractivity contribution in [2.24, 2.45) is 0 Å². The van der Waals surface area contributed by atoms with Gasteiger partial charge in [0, 0.05) is 9.35 Å². The predicted octanol–water partition coefficient (Wildman–Crippen LogP) is 3.67. The molecule has 0 atom stereocenters. The number of aromatic carboxylic acids is 1. The molecule has 0 unspecified atom stereocenters. The highest BCUT2D eigenvalue weighted by atomic mass is 79.9. The predicted molar refractivity (Wildman–Crippen MR) is 81.2 cm³/mol. The number of rotatable bonds is 4. The van der Waals surface area contributed by atoms with E-state index in [0.717, 1.165) is 27.5 Å². The van der Waals surface area contributed by atoms with Crippen LogP contribution in [0.5, 0.6) is 0 Å². The molecular formula is C13H10BrFN2O3S. The van der Waals surface area contributed by atoms with E-state index in [0.29, 0.717) is 0 Å². The van der Waals surface area contributed by atoms with Crippen molar-refractivity contribution in [3.05, 3.63) is 50.4 Å². The van der Waals surface area contributed by atoms with Crippen LogP contribution in [0.1, 0.15) is 15.2 Å². The van der Waals surface area contributed by atoms with Gasteiger partial charge in [-0.1, -0.05) is 0 Å². The summed E-state index contributed by atoms with van der Waals surface area (Å²) < 4.78 is 14.4. The van der Waals surface area contributed by atoms with Gasteiger partial charge in [0.05, 0.1) is 17.8 Å². The summed E-state index contributed by atoms with van der Waals surface area (Å²) in [7, 11) is 0. The Balaban J connectivity index is 2.01. The maximum Gasteiger partial charge on any atom is 0.335 e. The fourth-order valence-electron chi connectivity index (χ4n) is 1.53. The Kier molecular flexibility index (Phi) is 4.92. The highest BCUT2D eigenvalue weighted by Crippen LogP contribution is 2.22. The van der Waals surface area contributed by atoms with Crippen molar-refractivity contribution in [2.45, 2.75) is 6.54 Å². The van der Waals surface area contributed by atoms with E-state index in [9.17, 15) is 14.0 Å². The Bertz CT molecular complexity index is 690. The molecule has 0 saturated heterocycles. The van der Waals surface area contributed by atoms with Crippen molar-refractivity contribution >= 4 is 45.0 Å². The Morgan fingerprint density at radius 1 is 1.33 bits per heavy atom. The molecule has 1 heterocycles. The van der Waals surface area contributed by atoms with Crippen molar-refractivity contribution in [3.8, 4) is 0 Å². The number of carbonyl (C=O) groups excluding carboxylic acids is 1. The summed E-state index contributed by atoms with van der Waals surface area (Å²) in [6, 6.07) is 4.43. The summed E-state index contributed by atoms with van der Waals surface area (Å²) >= 11 is 4.80. The Morgan fingerprint density at radius 2 is 2.10 bits per heavy atom. The third kappa shape index (κ3) is 4.02. The first-order valence-electron chi connectivity index (χ1n) is 5.77. The number of urea groups is 1. The molecule has 110 valence electrons. The highest BCUT2D eigenvalue weighted by Gasteiger charge is 2.11. The fourth-order valence-corrected chi connectivity index (χ4v) is 2.96. The minimum Gasteiger partial charge on any atom is -0.478 e. The van der Waals surface area contributed by atoms with E-state index < -0.39 is 17.8 Å². The van der Waals surface area contributed by atoms with E-state index in [-0.39, 0.29) is 17.8 Å². The second-order valence-corrected chi connectivity index (χ2v) is 5.85. The maximum absolute atomic E-state index is 13.5. The maximum atomic E-state index is 13.5. The molecule has 3 N–H and O–H groups in total. The number of benzene rings is 1. The molecule has 0 aliphatic rings. The number of amides is 2. The molecule has 0 spiro atoms. The lowest BCUT2D eigenvalue weighted by molar-refractivity contribution is 0.0697. The molecule has 5 nitrogen and oxygen atoms in total. The Labute approximate surface area is 131 Å². The number of hydrogen-bond acceptors (Lipinski definition) is 3. The summed E-state index contributed by atoms with van der Waals surface area (Å²) in [6.07, 6.45) is 0. The van der Waals surface area contributed by atoms with Gasteiger partial charge in [-0.05, 0) is 45.6 Å². The van der Waals surface area contributed by atoms with Gasteiger partial charge >= 0.3 is 12.0 Å². The Hall–Kier alpha value is -1.93. The zero-order valence-electron chi connectivity index (χ0n) is 10.5. The van der Waals surface area contributed by atoms with Crippen LogP contribution in [-0.2, 0) is 6.54 Å². The Morgan fingerprint density at radius 3 is 2.71 bits per heavy atom. The molecule has 0 radical (unpaired) electrons. The molecule has 0 bridgehead atoms. The standard InChI is InChI=1S/C13H10BrFN2O3S/c14-8-3-4-21-11(8)6-16-13(20)17-10-5-7(12(18)19)1-2-9(10)15/h1-5H,6H2,(H,18,19)(H2,16,17,20). The molecule has 2 rings (SSSR count). The van der Waals surface area contributed by atoms with Crippen LogP contribution < -0.4 is 10.6 Å². The zero-order chi connectivity index (χ0) is 15.4. The number of thiophene rings is 1. The van der Waals surface area contributed by atoms with Gasteiger partial charge in [0.2, 0.25) is 0 Å².